The van der Waals surface area contributed by atoms with Gasteiger partial charge in [0.25, 0.3) is 5.91 Å². The van der Waals surface area contributed by atoms with Crippen molar-refractivity contribution in [3.63, 3.8) is 0 Å². The number of hydrogen-bond acceptors (Lipinski definition) is 8. The molecule has 8 nitrogen and oxygen atoms in total. The summed E-state index contributed by atoms with van der Waals surface area (Å²) in [4.78, 5) is 28.9. The smallest absolute Gasteiger partial charge is 0.335 e. The van der Waals surface area contributed by atoms with E-state index in [1.165, 1.54) is 23.9 Å². The number of amides is 1. The van der Waals surface area contributed by atoms with E-state index in [0.717, 1.165) is 56.0 Å². The summed E-state index contributed by atoms with van der Waals surface area (Å²) < 4.78 is 17.9. The summed E-state index contributed by atoms with van der Waals surface area (Å²) in [6.45, 7) is 5.53. The van der Waals surface area contributed by atoms with Crippen molar-refractivity contribution in [2.45, 2.75) is 12.8 Å². The van der Waals surface area contributed by atoms with Gasteiger partial charge in [-0.15, -0.1) is 0 Å². The van der Waals surface area contributed by atoms with E-state index in [4.69, 9.17) is 54.7 Å². The van der Waals surface area contributed by atoms with Crippen molar-refractivity contribution in [2.75, 3.05) is 52.6 Å². The first kappa shape index (κ1) is 33.2. The Hall–Kier alpha value is -3.12. The molecule has 2 aliphatic heterocycles. The molecule has 0 saturated carbocycles. The van der Waals surface area contributed by atoms with Crippen molar-refractivity contribution in [3.8, 4) is 22.6 Å². The Labute approximate surface area is 281 Å². The van der Waals surface area contributed by atoms with E-state index in [9.17, 15) is 9.59 Å². The first-order valence-corrected chi connectivity index (χ1v) is 16.5. The molecule has 45 heavy (non-hydrogen) atoms. The lowest BCUT2D eigenvalue weighted by Crippen LogP contribution is -2.37. The van der Waals surface area contributed by atoms with Gasteiger partial charge in [0.05, 0.1) is 36.9 Å². The topological polar surface area (TPSA) is 88.5 Å². The van der Waals surface area contributed by atoms with Crippen LogP contribution in [-0.4, -0.2) is 83.7 Å². The molecule has 0 aromatic heterocycles. The minimum atomic E-state index is -0.994. The largest absolute Gasteiger partial charge is 0.494 e. The van der Waals surface area contributed by atoms with Crippen LogP contribution in [-0.2, 0) is 9.53 Å². The lowest BCUT2D eigenvalue weighted by Gasteiger charge is -2.26. The highest BCUT2D eigenvalue weighted by molar-refractivity contribution is 8.26. The summed E-state index contributed by atoms with van der Waals surface area (Å²) in [5.41, 5.74) is 2.55. The molecule has 0 bridgehead atoms. The molecule has 1 N–H and O–H groups in total. The predicted molar refractivity (Wildman–Crippen MR) is 183 cm³/mol. The van der Waals surface area contributed by atoms with Crippen LogP contribution >= 0.6 is 47.2 Å². The van der Waals surface area contributed by atoms with Crippen LogP contribution in [0.2, 0.25) is 10.0 Å². The van der Waals surface area contributed by atoms with Crippen molar-refractivity contribution in [1.29, 1.82) is 0 Å². The third-order valence-corrected chi connectivity index (χ3v) is 9.23. The van der Waals surface area contributed by atoms with E-state index >= 15 is 0 Å². The van der Waals surface area contributed by atoms with Crippen molar-refractivity contribution < 1.29 is 28.9 Å². The molecule has 2 fully saturated rings. The van der Waals surface area contributed by atoms with Crippen molar-refractivity contribution in [3.05, 3.63) is 86.7 Å². The van der Waals surface area contributed by atoms with E-state index in [1.54, 1.807) is 29.2 Å². The second-order valence-corrected chi connectivity index (χ2v) is 12.9. The normalized spacial score (nSPS) is 16.4. The number of halogens is 2. The second-order valence-electron chi connectivity index (χ2n) is 10.4. The van der Waals surface area contributed by atoms with Gasteiger partial charge in [0.2, 0.25) is 0 Å². The maximum Gasteiger partial charge on any atom is 0.335 e. The van der Waals surface area contributed by atoms with Gasteiger partial charge in [-0.2, -0.15) is 0 Å². The molecule has 0 atom stereocenters. The Morgan fingerprint density at radius 1 is 0.978 bits per heavy atom. The highest BCUT2D eigenvalue weighted by Crippen LogP contribution is 2.37. The summed E-state index contributed by atoms with van der Waals surface area (Å²) in [5.74, 6) is 0.0422. The second kappa shape index (κ2) is 15.9. The van der Waals surface area contributed by atoms with Gasteiger partial charge >= 0.3 is 5.97 Å². The molecule has 0 radical (unpaired) electrons. The number of nitrogens with zero attached hydrogens (tertiary/aromatic N) is 2. The number of thiocarbonyl (C=S) groups is 1. The number of aromatic carboxylic acids is 1. The Bertz CT molecular complexity index is 1580. The van der Waals surface area contributed by atoms with Crippen LogP contribution < -0.4 is 9.47 Å². The average Bonchev–Trinajstić information content (AvgIpc) is 3.31. The van der Waals surface area contributed by atoms with E-state index in [2.05, 4.69) is 4.90 Å². The first-order valence-electron chi connectivity index (χ1n) is 14.5. The third-order valence-electron chi connectivity index (χ3n) is 7.29. The number of ether oxygens (including phenoxy) is 3. The summed E-state index contributed by atoms with van der Waals surface area (Å²) in [7, 11) is 0. The van der Waals surface area contributed by atoms with E-state index in [-0.39, 0.29) is 11.5 Å². The first-order chi connectivity index (χ1) is 21.8. The Balaban J connectivity index is 1.27. The van der Waals surface area contributed by atoms with Crippen LogP contribution in [0.3, 0.4) is 0 Å². The van der Waals surface area contributed by atoms with Crippen molar-refractivity contribution in [2.24, 2.45) is 0 Å². The number of carboxylic acids is 1. The van der Waals surface area contributed by atoms with Crippen LogP contribution in [0.5, 0.6) is 11.5 Å². The number of carbonyl (C=O) groups excluding carboxylic acids is 1. The fourth-order valence-corrected chi connectivity index (χ4v) is 6.61. The van der Waals surface area contributed by atoms with Crippen LogP contribution in [0, 0.1) is 0 Å². The Morgan fingerprint density at radius 3 is 2.47 bits per heavy atom. The minimum Gasteiger partial charge on any atom is -0.494 e. The maximum atomic E-state index is 13.4. The number of morpholine rings is 1. The zero-order valence-electron chi connectivity index (χ0n) is 24.4. The van der Waals surface area contributed by atoms with Gasteiger partial charge in [-0.3, -0.25) is 14.6 Å². The van der Waals surface area contributed by atoms with Crippen LogP contribution in [0.25, 0.3) is 17.2 Å². The summed E-state index contributed by atoms with van der Waals surface area (Å²) in [6, 6.07) is 17.3. The fraction of sp³-hybridized carbons (Fsp3) is 0.303. The number of carbonyl (C=O) groups is 2. The molecule has 0 unspecified atom stereocenters. The van der Waals surface area contributed by atoms with Gasteiger partial charge < -0.3 is 19.3 Å². The number of hydrogen-bond donors (Lipinski definition) is 1. The number of thioether (sulfide) groups is 1. The zero-order valence-corrected chi connectivity index (χ0v) is 27.5. The zero-order chi connectivity index (χ0) is 31.8. The monoisotopic (exact) mass is 686 g/mol. The Kier molecular flexibility index (Phi) is 11.8. The SMILES string of the molecule is O=C(O)c1ccc(OCCCN2C(=O)/C(=C/c3cc(-c4cc(Cl)ccc4Cl)ccc3OCCCN3CCOCC3)SC2=S)cc1. The molecule has 2 heterocycles. The highest BCUT2D eigenvalue weighted by Gasteiger charge is 2.32. The number of rotatable bonds is 13. The summed E-state index contributed by atoms with van der Waals surface area (Å²) in [6.07, 6.45) is 3.22. The van der Waals surface area contributed by atoms with Crippen molar-refractivity contribution >= 4 is 69.5 Å². The molecule has 5 rings (SSSR count). The summed E-state index contributed by atoms with van der Waals surface area (Å²) in [5, 5.41) is 10.2. The van der Waals surface area contributed by atoms with E-state index < -0.39 is 5.97 Å². The molecule has 2 saturated heterocycles. The van der Waals surface area contributed by atoms with Gasteiger partial charge in [0.15, 0.2) is 0 Å². The molecule has 1 amide bonds. The van der Waals surface area contributed by atoms with E-state index in [1.807, 2.05) is 30.3 Å². The van der Waals surface area contributed by atoms with Gasteiger partial charge in [-0.1, -0.05) is 53.2 Å². The number of carboxylic acid groups (broad SMARTS) is 1. The molecule has 2 aliphatic rings. The Morgan fingerprint density at radius 2 is 1.71 bits per heavy atom. The van der Waals surface area contributed by atoms with Gasteiger partial charge in [-0.25, -0.2) is 4.79 Å². The quantitative estimate of drug-likeness (QED) is 0.115. The highest BCUT2D eigenvalue weighted by atomic mass is 35.5. The minimum absolute atomic E-state index is 0.180. The molecule has 0 aliphatic carbocycles. The van der Waals surface area contributed by atoms with Crippen LogP contribution in [0.1, 0.15) is 28.8 Å². The maximum absolute atomic E-state index is 13.4. The molecule has 0 spiro atoms. The molecule has 236 valence electrons. The predicted octanol–water partition coefficient (Wildman–Crippen LogP) is 7.13. The van der Waals surface area contributed by atoms with Crippen molar-refractivity contribution in [1.82, 2.24) is 9.80 Å². The molecule has 3 aromatic carbocycles. The molecular formula is C33H32Cl2N2O6S2. The van der Waals surface area contributed by atoms with Crippen LogP contribution in [0.4, 0.5) is 0 Å². The molecule has 3 aromatic rings. The van der Waals surface area contributed by atoms with Gasteiger partial charge in [-0.05, 0) is 79.1 Å². The summed E-state index contributed by atoms with van der Waals surface area (Å²) >= 11 is 19.6. The molecular weight excluding hydrogens is 655 g/mol. The lowest BCUT2D eigenvalue weighted by molar-refractivity contribution is -0.122. The van der Waals surface area contributed by atoms with Crippen LogP contribution in [0.15, 0.2) is 65.6 Å². The number of benzene rings is 3. The average molecular weight is 688 g/mol. The van der Waals surface area contributed by atoms with Gasteiger partial charge in [0.1, 0.15) is 15.8 Å². The van der Waals surface area contributed by atoms with E-state index in [0.29, 0.717) is 56.9 Å². The fourth-order valence-electron chi connectivity index (χ4n) is 4.91. The lowest BCUT2D eigenvalue weighted by atomic mass is 10.0. The van der Waals surface area contributed by atoms with Gasteiger partial charge in [0, 0.05) is 47.4 Å². The third kappa shape index (κ3) is 9.00. The standard InChI is InChI=1S/C33H32Cl2N2O6S2/c34-25-6-9-28(35)27(21-25)23-5-10-29(43-16-1-11-36-13-17-41-18-14-36)24(19-23)20-30-31(38)37(33(44)45-30)12-2-15-42-26-7-3-22(4-8-26)32(39)40/h3-10,19-21H,1-2,11-18H2,(H,39,40)/b30-20-. The molecule has 12 heteroatoms.